The van der Waals surface area contributed by atoms with Crippen LogP contribution in [0.1, 0.15) is 11.1 Å². The van der Waals surface area contributed by atoms with Crippen molar-refractivity contribution in [2.75, 3.05) is 0 Å². The molecule has 2 aromatic rings. The first-order valence-electron chi connectivity index (χ1n) is 5.62. The van der Waals surface area contributed by atoms with Crippen LogP contribution < -0.4 is 10.5 Å². The maximum absolute atomic E-state index is 8.97. The van der Waals surface area contributed by atoms with E-state index in [0.29, 0.717) is 17.1 Å². The van der Waals surface area contributed by atoms with Gasteiger partial charge in [0.1, 0.15) is 17.3 Å². The second-order valence-electron chi connectivity index (χ2n) is 3.96. The lowest BCUT2D eigenvalue weighted by Crippen LogP contribution is -2.12. The molecule has 0 saturated heterocycles. The van der Waals surface area contributed by atoms with Crippen LogP contribution in [0.4, 0.5) is 0 Å². The Balaban J connectivity index is 2.29. The minimum Gasteiger partial charge on any atom is -0.457 e. The van der Waals surface area contributed by atoms with Crippen molar-refractivity contribution in [3.05, 3.63) is 58.1 Å². The quantitative estimate of drug-likeness (QED) is 0.598. The van der Waals surface area contributed by atoms with Crippen molar-refractivity contribution < 1.29 is 9.84 Å². The molecule has 0 saturated carbocycles. The molecule has 19 heavy (non-hydrogen) atoms. The van der Waals surface area contributed by atoms with Crippen LogP contribution in [-0.2, 0) is 6.61 Å². The fourth-order valence-corrected chi connectivity index (χ4v) is 1.95. The van der Waals surface area contributed by atoms with Crippen LogP contribution in [0.3, 0.4) is 0 Å². The molecular weight excluding hydrogens is 308 g/mol. The predicted molar refractivity (Wildman–Crippen MR) is 77.6 cm³/mol. The molecule has 2 rings (SSSR count). The third kappa shape index (κ3) is 3.33. The number of benzene rings is 2. The largest absolute Gasteiger partial charge is 0.457 e. The Labute approximate surface area is 119 Å². The van der Waals surface area contributed by atoms with Crippen molar-refractivity contribution in [3.8, 4) is 11.5 Å². The van der Waals surface area contributed by atoms with E-state index in [2.05, 4.69) is 15.9 Å². The van der Waals surface area contributed by atoms with E-state index < -0.39 is 0 Å². The summed E-state index contributed by atoms with van der Waals surface area (Å²) in [6, 6.07) is 12.4. The number of hydrogen-bond acceptors (Lipinski definition) is 3. The van der Waals surface area contributed by atoms with Crippen LogP contribution >= 0.6 is 15.9 Å². The minimum atomic E-state index is -0.0525. The summed E-state index contributed by atoms with van der Waals surface area (Å²) < 4.78 is 6.54. The lowest BCUT2D eigenvalue weighted by molar-refractivity contribution is 0.281. The van der Waals surface area contributed by atoms with Gasteiger partial charge in [0.25, 0.3) is 0 Å². The monoisotopic (exact) mass is 320 g/mol. The van der Waals surface area contributed by atoms with Crippen LogP contribution in [0.2, 0.25) is 0 Å². The van der Waals surface area contributed by atoms with Gasteiger partial charge in [0.05, 0.1) is 12.2 Å². The molecule has 0 aromatic heterocycles. The number of hydrogen-bond donors (Lipinski definition) is 3. The second kappa shape index (κ2) is 5.86. The standard InChI is InChI=1S/C14H13BrN2O2/c15-10-3-6-13(12(7-10)14(16)17)19-11-4-1-9(8-18)2-5-11/h1-7,18H,8H2,(H3,16,17). The molecule has 0 unspecified atom stereocenters. The molecule has 0 bridgehead atoms. The van der Waals surface area contributed by atoms with Gasteiger partial charge in [0.2, 0.25) is 0 Å². The maximum Gasteiger partial charge on any atom is 0.138 e. The highest BCUT2D eigenvalue weighted by Crippen LogP contribution is 2.28. The van der Waals surface area contributed by atoms with Gasteiger partial charge in [-0.1, -0.05) is 28.1 Å². The lowest BCUT2D eigenvalue weighted by atomic mass is 10.2. The number of aliphatic hydroxyl groups excluding tert-OH is 1. The van der Waals surface area contributed by atoms with E-state index >= 15 is 0 Å². The topological polar surface area (TPSA) is 79.3 Å². The van der Waals surface area contributed by atoms with Gasteiger partial charge >= 0.3 is 0 Å². The Morgan fingerprint density at radius 3 is 2.47 bits per heavy atom. The fraction of sp³-hybridized carbons (Fsp3) is 0.0714. The summed E-state index contributed by atoms with van der Waals surface area (Å²) in [4.78, 5) is 0. The van der Waals surface area contributed by atoms with E-state index in [4.69, 9.17) is 21.0 Å². The van der Waals surface area contributed by atoms with Crippen molar-refractivity contribution in [1.29, 1.82) is 5.41 Å². The SMILES string of the molecule is N=C(N)c1cc(Br)ccc1Oc1ccc(CO)cc1. The number of nitrogens with one attached hydrogen (secondary N) is 1. The zero-order chi connectivity index (χ0) is 13.8. The molecule has 2 aromatic carbocycles. The number of rotatable bonds is 4. The average Bonchev–Trinajstić information content (AvgIpc) is 2.41. The number of ether oxygens (including phenoxy) is 1. The molecule has 5 heteroatoms. The highest BCUT2D eigenvalue weighted by atomic mass is 79.9. The third-order valence-electron chi connectivity index (χ3n) is 2.57. The highest BCUT2D eigenvalue weighted by molar-refractivity contribution is 9.10. The molecule has 0 heterocycles. The van der Waals surface area contributed by atoms with Gasteiger partial charge in [-0.2, -0.15) is 0 Å². The van der Waals surface area contributed by atoms with Crippen molar-refractivity contribution in [3.63, 3.8) is 0 Å². The molecule has 0 aliphatic heterocycles. The predicted octanol–water partition coefficient (Wildman–Crippen LogP) is 3.02. The van der Waals surface area contributed by atoms with E-state index in [1.807, 2.05) is 6.07 Å². The van der Waals surface area contributed by atoms with E-state index in [0.717, 1.165) is 10.0 Å². The molecule has 0 aliphatic rings. The zero-order valence-electron chi connectivity index (χ0n) is 10.1. The van der Waals surface area contributed by atoms with Gasteiger partial charge in [0, 0.05) is 4.47 Å². The lowest BCUT2D eigenvalue weighted by Gasteiger charge is -2.11. The smallest absolute Gasteiger partial charge is 0.138 e. The average molecular weight is 321 g/mol. The van der Waals surface area contributed by atoms with E-state index in [9.17, 15) is 0 Å². The van der Waals surface area contributed by atoms with Crippen molar-refractivity contribution in [1.82, 2.24) is 0 Å². The van der Waals surface area contributed by atoms with Gasteiger partial charge in [-0.05, 0) is 35.9 Å². The normalized spacial score (nSPS) is 10.2. The molecule has 0 aliphatic carbocycles. The number of nitrogens with two attached hydrogens (primary N) is 1. The minimum absolute atomic E-state index is 0.00272. The van der Waals surface area contributed by atoms with Gasteiger partial charge in [0.15, 0.2) is 0 Å². The van der Waals surface area contributed by atoms with Crippen molar-refractivity contribution in [2.24, 2.45) is 5.73 Å². The van der Waals surface area contributed by atoms with Crippen LogP contribution in [0, 0.1) is 5.41 Å². The molecule has 0 radical (unpaired) electrons. The summed E-state index contributed by atoms with van der Waals surface area (Å²) in [6.45, 7) is -0.00272. The molecule has 0 atom stereocenters. The Morgan fingerprint density at radius 2 is 1.89 bits per heavy atom. The van der Waals surface area contributed by atoms with Crippen LogP contribution in [0.5, 0.6) is 11.5 Å². The summed E-state index contributed by atoms with van der Waals surface area (Å²) in [6.07, 6.45) is 0. The Kier molecular flexibility index (Phi) is 4.19. The zero-order valence-corrected chi connectivity index (χ0v) is 11.6. The van der Waals surface area contributed by atoms with Gasteiger partial charge < -0.3 is 15.6 Å². The molecule has 4 N–H and O–H groups in total. The molecule has 0 spiro atoms. The first-order chi connectivity index (χ1) is 9.10. The molecule has 0 amide bonds. The number of halogens is 1. The van der Waals surface area contributed by atoms with Crippen LogP contribution in [-0.4, -0.2) is 10.9 Å². The number of amidine groups is 1. The summed E-state index contributed by atoms with van der Waals surface area (Å²) in [5.74, 6) is 1.10. The summed E-state index contributed by atoms with van der Waals surface area (Å²) in [5, 5.41) is 16.5. The maximum atomic E-state index is 8.97. The molecule has 4 nitrogen and oxygen atoms in total. The van der Waals surface area contributed by atoms with E-state index in [-0.39, 0.29) is 12.4 Å². The van der Waals surface area contributed by atoms with Crippen molar-refractivity contribution in [2.45, 2.75) is 6.61 Å². The first-order valence-corrected chi connectivity index (χ1v) is 6.41. The Bertz CT molecular complexity index is 597. The highest BCUT2D eigenvalue weighted by Gasteiger charge is 2.08. The molecule has 98 valence electrons. The van der Waals surface area contributed by atoms with Crippen LogP contribution in [0.25, 0.3) is 0 Å². The summed E-state index contributed by atoms with van der Waals surface area (Å²) in [5.41, 5.74) is 6.88. The first kappa shape index (κ1) is 13.6. The van der Waals surface area contributed by atoms with Crippen molar-refractivity contribution >= 4 is 21.8 Å². The Morgan fingerprint density at radius 1 is 1.21 bits per heavy atom. The molecule has 0 fully saturated rings. The van der Waals surface area contributed by atoms with Gasteiger partial charge in [-0.3, -0.25) is 5.41 Å². The summed E-state index contributed by atoms with van der Waals surface area (Å²) >= 11 is 3.33. The second-order valence-corrected chi connectivity index (χ2v) is 4.87. The van der Waals surface area contributed by atoms with Crippen LogP contribution in [0.15, 0.2) is 46.9 Å². The van der Waals surface area contributed by atoms with E-state index in [1.54, 1.807) is 36.4 Å². The van der Waals surface area contributed by atoms with Gasteiger partial charge in [-0.15, -0.1) is 0 Å². The number of nitrogen functional groups attached to an aromatic ring is 1. The Hall–Kier alpha value is -1.85. The van der Waals surface area contributed by atoms with Gasteiger partial charge in [-0.25, -0.2) is 0 Å². The van der Waals surface area contributed by atoms with E-state index in [1.165, 1.54) is 0 Å². The fourth-order valence-electron chi connectivity index (χ4n) is 1.59. The molecular formula is C14H13BrN2O2. The summed E-state index contributed by atoms with van der Waals surface area (Å²) in [7, 11) is 0. The third-order valence-corrected chi connectivity index (χ3v) is 3.06. The number of aliphatic hydroxyl groups is 1.